The fourth-order valence-corrected chi connectivity index (χ4v) is 3.62. The zero-order valence-corrected chi connectivity index (χ0v) is 13.5. The second kappa shape index (κ2) is 6.21. The summed E-state index contributed by atoms with van der Waals surface area (Å²) in [5, 5.41) is 0. The molecule has 1 nitrogen and oxygen atoms in total. The lowest BCUT2D eigenvalue weighted by molar-refractivity contribution is 0.176. The SMILES string of the molecule is CC[C@@H](C)N(CCCl)C1c2ccccc2-c2ccccc21. The van der Waals surface area contributed by atoms with Gasteiger partial charge in [0.05, 0.1) is 6.04 Å². The van der Waals surface area contributed by atoms with Crippen LogP contribution in [-0.2, 0) is 0 Å². The summed E-state index contributed by atoms with van der Waals surface area (Å²) in [5.41, 5.74) is 5.59. The topological polar surface area (TPSA) is 3.24 Å². The van der Waals surface area contributed by atoms with E-state index in [1.54, 1.807) is 0 Å². The molecule has 2 aromatic rings. The third-order valence-electron chi connectivity index (χ3n) is 4.63. The number of hydrogen-bond acceptors (Lipinski definition) is 1. The van der Waals surface area contributed by atoms with Gasteiger partial charge in [0.2, 0.25) is 0 Å². The van der Waals surface area contributed by atoms with Gasteiger partial charge < -0.3 is 0 Å². The van der Waals surface area contributed by atoms with Crippen molar-refractivity contribution in [3.63, 3.8) is 0 Å². The van der Waals surface area contributed by atoms with Crippen LogP contribution in [0, 0.1) is 0 Å². The summed E-state index contributed by atoms with van der Waals surface area (Å²) in [5.74, 6) is 0.672. The Balaban J connectivity index is 2.12. The predicted molar refractivity (Wildman–Crippen MR) is 90.9 cm³/mol. The molecule has 2 aromatic carbocycles. The van der Waals surface area contributed by atoms with Crippen molar-refractivity contribution in [1.29, 1.82) is 0 Å². The number of alkyl halides is 1. The highest BCUT2D eigenvalue weighted by Gasteiger charge is 2.33. The van der Waals surface area contributed by atoms with Crippen molar-refractivity contribution in [1.82, 2.24) is 4.90 Å². The van der Waals surface area contributed by atoms with Crippen molar-refractivity contribution in [2.45, 2.75) is 32.4 Å². The lowest BCUT2D eigenvalue weighted by atomic mass is 10.0. The standard InChI is InChI=1S/C19H22ClN/c1-3-14(2)21(13-12-20)19-17-10-6-4-8-15(17)16-9-5-7-11-18(16)19/h4-11,14,19H,3,12-13H2,1-2H3/t14-/m1/s1. The van der Waals surface area contributed by atoms with Crippen LogP contribution in [0.15, 0.2) is 48.5 Å². The second-order valence-corrected chi connectivity index (χ2v) is 6.14. The molecule has 0 radical (unpaired) electrons. The first-order valence-electron chi connectivity index (χ1n) is 7.77. The zero-order chi connectivity index (χ0) is 14.8. The van der Waals surface area contributed by atoms with E-state index in [1.807, 2.05) is 0 Å². The molecule has 21 heavy (non-hydrogen) atoms. The number of fused-ring (bicyclic) bond motifs is 3. The van der Waals surface area contributed by atoms with Crippen molar-refractivity contribution >= 4 is 11.6 Å². The maximum atomic E-state index is 6.09. The van der Waals surface area contributed by atoms with Crippen LogP contribution in [0.5, 0.6) is 0 Å². The normalized spacial score (nSPS) is 15.0. The van der Waals surface area contributed by atoms with E-state index in [0.29, 0.717) is 18.0 Å². The third-order valence-corrected chi connectivity index (χ3v) is 4.80. The van der Waals surface area contributed by atoms with Crippen LogP contribution in [0.4, 0.5) is 0 Å². The Labute approximate surface area is 132 Å². The molecule has 1 aliphatic carbocycles. The lowest BCUT2D eigenvalue weighted by Gasteiger charge is -2.34. The minimum absolute atomic E-state index is 0.339. The molecule has 110 valence electrons. The van der Waals surface area contributed by atoms with E-state index in [9.17, 15) is 0 Å². The first-order valence-corrected chi connectivity index (χ1v) is 8.31. The van der Waals surface area contributed by atoms with Gasteiger partial charge in [-0.25, -0.2) is 0 Å². The first kappa shape index (κ1) is 14.6. The van der Waals surface area contributed by atoms with Crippen molar-refractivity contribution < 1.29 is 0 Å². The average molecular weight is 300 g/mol. The molecule has 0 aromatic heterocycles. The van der Waals surface area contributed by atoms with E-state index in [-0.39, 0.29) is 0 Å². The number of benzene rings is 2. The summed E-state index contributed by atoms with van der Waals surface area (Å²) in [7, 11) is 0. The lowest BCUT2D eigenvalue weighted by Crippen LogP contribution is -2.37. The first-order chi connectivity index (χ1) is 10.3. The number of hydrogen-bond donors (Lipinski definition) is 0. The van der Waals surface area contributed by atoms with Crippen molar-refractivity contribution in [2.75, 3.05) is 12.4 Å². The summed E-state index contributed by atoms with van der Waals surface area (Å²) in [6.07, 6.45) is 1.14. The van der Waals surface area contributed by atoms with Crippen LogP contribution in [-0.4, -0.2) is 23.4 Å². The van der Waals surface area contributed by atoms with Gasteiger partial charge in [0.15, 0.2) is 0 Å². The minimum atomic E-state index is 0.339. The Kier molecular flexibility index (Phi) is 4.32. The van der Waals surface area contributed by atoms with Gasteiger partial charge in [-0.05, 0) is 35.6 Å². The molecule has 0 bridgehead atoms. The van der Waals surface area contributed by atoms with Crippen LogP contribution < -0.4 is 0 Å². The van der Waals surface area contributed by atoms with Crippen LogP contribution in [0.3, 0.4) is 0 Å². The molecular formula is C19H22ClN. The molecule has 0 fully saturated rings. The summed E-state index contributed by atoms with van der Waals surface area (Å²) in [4.78, 5) is 2.55. The van der Waals surface area contributed by atoms with E-state index >= 15 is 0 Å². The molecule has 0 saturated heterocycles. The maximum Gasteiger partial charge on any atom is 0.0616 e. The molecule has 0 spiro atoms. The molecular weight excluding hydrogens is 278 g/mol. The van der Waals surface area contributed by atoms with Gasteiger partial charge in [-0.1, -0.05) is 55.5 Å². The minimum Gasteiger partial charge on any atom is -0.288 e. The van der Waals surface area contributed by atoms with Gasteiger partial charge in [0.25, 0.3) is 0 Å². The summed E-state index contributed by atoms with van der Waals surface area (Å²) in [6.45, 7) is 5.47. The fraction of sp³-hybridized carbons (Fsp3) is 0.368. The Morgan fingerprint density at radius 3 is 2.00 bits per heavy atom. The van der Waals surface area contributed by atoms with E-state index < -0.39 is 0 Å². The smallest absolute Gasteiger partial charge is 0.0616 e. The van der Waals surface area contributed by atoms with Gasteiger partial charge in [0.1, 0.15) is 0 Å². The largest absolute Gasteiger partial charge is 0.288 e. The Bertz CT molecular complexity index is 577. The van der Waals surface area contributed by atoms with Gasteiger partial charge in [-0.15, -0.1) is 11.6 Å². The number of nitrogens with zero attached hydrogens (tertiary/aromatic N) is 1. The van der Waals surface area contributed by atoms with Gasteiger partial charge >= 0.3 is 0 Å². The van der Waals surface area contributed by atoms with Gasteiger partial charge in [-0.2, -0.15) is 0 Å². The van der Waals surface area contributed by atoms with E-state index in [4.69, 9.17) is 11.6 Å². The van der Waals surface area contributed by atoms with Crippen LogP contribution in [0.2, 0.25) is 0 Å². The molecule has 3 rings (SSSR count). The van der Waals surface area contributed by atoms with Crippen LogP contribution in [0.1, 0.15) is 37.4 Å². The highest BCUT2D eigenvalue weighted by Crippen LogP contribution is 2.46. The zero-order valence-electron chi connectivity index (χ0n) is 12.7. The van der Waals surface area contributed by atoms with Gasteiger partial charge in [-0.3, -0.25) is 4.90 Å². The molecule has 2 heteroatoms. The highest BCUT2D eigenvalue weighted by molar-refractivity contribution is 6.18. The summed E-state index contributed by atoms with van der Waals surface area (Å²) < 4.78 is 0. The Hall–Kier alpha value is -1.31. The fourth-order valence-electron chi connectivity index (χ4n) is 3.42. The monoisotopic (exact) mass is 299 g/mol. The second-order valence-electron chi connectivity index (χ2n) is 5.76. The molecule has 0 heterocycles. The van der Waals surface area contributed by atoms with Crippen molar-refractivity contribution in [3.05, 3.63) is 59.7 Å². The van der Waals surface area contributed by atoms with E-state index in [1.165, 1.54) is 22.3 Å². The Morgan fingerprint density at radius 1 is 1.00 bits per heavy atom. The molecule has 1 atom stereocenters. The highest BCUT2D eigenvalue weighted by atomic mass is 35.5. The molecule has 0 aliphatic heterocycles. The van der Waals surface area contributed by atoms with Crippen LogP contribution in [0.25, 0.3) is 11.1 Å². The molecule has 0 N–H and O–H groups in total. The number of halogens is 1. The predicted octanol–water partition coefficient (Wildman–Crippen LogP) is 5.10. The summed E-state index contributed by atoms with van der Waals surface area (Å²) in [6, 6.07) is 18.4. The molecule has 0 saturated carbocycles. The third kappa shape index (κ3) is 2.49. The van der Waals surface area contributed by atoms with Crippen LogP contribution >= 0.6 is 11.6 Å². The van der Waals surface area contributed by atoms with Gasteiger partial charge in [0, 0.05) is 18.5 Å². The average Bonchev–Trinajstić information content (AvgIpc) is 2.86. The van der Waals surface area contributed by atoms with Crippen molar-refractivity contribution in [3.8, 4) is 11.1 Å². The molecule has 0 unspecified atom stereocenters. The van der Waals surface area contributed by atoms with E-state index in [2.05, 4.69) is 67.3 Å². The van der Waals surface area contributed by atoms with Crippen molar-refractivity contribution in [2.24, 2.45) is 0 Å². The summed E-state index contributed by atoms with van der Waals surface area (Å²) >= 11 is 6.09. The molecule has 0 amide bonds. The quantitative estimate of drug-likeness (QED) is 0.695. The maximum absolute atomic E-state index is 6.09. The van der Waals surface area contributed by atoms with E-state index in [0.717, 1.165) is 13.0 Å². The Morgan fingerprint density at radius 2 is 1.52 bits per heavy atom. The molecule has 1 aliphatic rings. The number of rotatable bonds is 5.